The van der Waals surface area contributed by atoms with E-state index in [9.17, 15) is 9.18 Å². The first-order valence-electron chi connectivity index (χ1n) is 5.86. The smallest absolute Gasteiger partial charge is 0.263 e. The topological polar surface area (TPSA) is 44.1 Å². The lowest BCUT2D eigenvalue weighted by Gasteiger charge is -2.22. The maximum Gasteiger partial charge on any atom is 0.263 e. The Balaban J connectivity index is 2.29. The Kier molecular flexibility index (Phi) is 3.82. The van der Waals surface area contributed by atoms with Crippen molar-refractivity contribution in [1.82, 2.24) is 4.90 Å². The average Bonchev–Trinajstić information content (AvgIpc) is 2.80. The van der Waals surface area contributed by atoms with E-state index < -0.39 is 0 Å². The molecule has 1 atom stereocenters. The van der Waals surface area contributed by atoms with E-state index in [2.05, 4.69) is 0 Å². The largest absolute Gasteiger partial charge is 0.337 e. The van der Waals surface area contributed by atoms with E-state index in [1.807, 2.05) is 13.0 Å². The highest BCUT2D eigenvalue weighted by Gasteiger charge is 2.19. The molecular weight excluding hydrogens is 263 g/mol. The maximum atomic E-state index is 13.1. The van der Waals surface area contributed by atoms with Crippen molar-refractivity contribution in [1.29, 1.82) is 5.26 Å². The lowest BCUT2D eigenvalue weighted by atomic mass is 10.2. The molecule has 1 amide bonds. The van der Waals surface area contributed by atoms with Gasteiger partial charge in [-0.2, -0.15) is 5.26 Å². The average molecular weight is 276 g/mol. The van der Waals surface area contributed by atoms with Gasteiger partial charge < -0.3 is 4.90 Å². The van der Waals surface area contributed by atoms with Gasteiger partial charge in [0, 0.05) is 17.8 Å². The fourth-order valence-electron chi connectivity index (χ4n) is 1.75. The predicted molar refractivity (Wildman–Crippen MR) is 73.6 cm³/mol. The quantitative estimate of drug-likeness (QED) is 0.862. The van der Waals surface area contributed by atoms with E-state index in [-0.39, 0.29) is 17.8 Å². The molecule has 19 heavy (non-hydrogen) atoms. The number of carbonyl (C=O) groups is 1. The van der Waals surface area contributed by atoms with Crippen LogP contribution in [0.2, 0.25) is 0 Å². The first-order chi connectivity index (χ1) is 9.02. The van der Waals surface area contributed by atoms with Gasteiger partial charge in [-0.3, -0.25) is 4.79 Å². The van der Waals surface area contributed by atoms with Crippen molar-refractivity contribution in [3.05, 3.63) is 35.0 Å². The number of halogens is 1. The Morgan fingerprint density at radius 3 is 2.95 bits per heavy atom. The van der Waals surface area contributed by atoms with E-state index >= 15 is 0 Å². The molecule has 2 aromatic rings. The van der Waals surface area contributed by atoms with E-state index in [0.29, 0.717) is 11.3 Å². The molecule has 0 fully saturated rings. The molecule has 3 nitrogen and oxygen atoms in total. The third-order valence-corrected chi connectivity index (χ3v) is 4.15. The highest BCUT2D eigenvalue weighted by Crippen LogP contribution is 2.27. The monoisotopic (exact) mass is 276 g/mol. The molecule has 1 aromatic heterocycles. The molecule has 0 spiro atoms. The third kappa shape index (κ3) is 2.74. The second-order valence-corrected chi connectivity index (χ2v) is 5.50. The number of nitriles is 1. The second kappa shape index (κ2) is 5.37. The van der Waals surface area contributed by atoms with Gasteiger partial charge in [0.25, 0.3) is 5.91 Å². The number of benzene rings is 1. The normalized spacial score (nSPS) is 12.1. The van der Waals surface area contributed by atoms with Gasteiger partial charge in [0.2, 0.25) is 0 Å². The summed E-state index contributed by atoms with van der Waals surface area (Å²) in [4.78, 5) is 14.4. The summed E-state index contributed by atoms with van der Waals surface area (Å²) in [5, 5.41) is 9.51. The van der Waals surface area contributed by atoms with Crippen LogP contribution < -0.4 is 0 Å². The third-order valence-electron chi connectivity index (χ3n) is 3.06. The fraction of sp³-hybridized carbons (Fsp3) is 0.286. The zero-order chi connectivity index (χ0) is 14.0. The summed E-state index contributed by atoms with van der Waals surface area (Å²) in [6, 6.07) is 8.14. The van der Waals surface area contributed by atoms with Crippen molar-refractivity contribution in [2.24, 2.45) is 0 Å². The van der Waals surface area contributed by atoms with Crippen LogP contribution in [0.5, 0.6) is 0 Å². The van der Waals surface area contributed by atoms with Gasteiger partial charge in [-0.1, -0.05) is 6.07 Å². The molecule has 0 saturated heterocycles. The zero-order valence-electron chi connectivity index (χ0n) is 10.7. The van der Waals surface area contributed by atoms with Crippen LogP contribution in [0.4, 0.5) is 4.39 Å². The number of thiophene rings is 1. The van der Waals surface area contributed by atoms with Gasteiger partial charge in [0.15, 0.2) is 0 Å². The number of hydrogen-bond acceptors (Lipinski definition) is 3. The van der Waals surface area contributed by atoms with Gasteiger partial charge in [-0.25, -0.2) is 4.39 Å². The van der Waals surface area contributed by atoms with Crippen LogP contribution >= 0.6 is 11.3 Å². The maximum absolute atomic E-state index is 13.1. The first-order valence-corrected chi connectivity index (χ1v) is 6.68. The standard InChI is InChI=1S/C14H13FN2OS/c1-9(5-6-16)17(2)14(18)13-7-10-3-4-11(15)8-12(10)19-13/h3-4,7-9H,5H2,1-2H3. The molecule has 2 rings (SSSR count). The molecular formula is C14H13FN2OS. The molecule has 0 aliphatic rings. The number of fused-ring (bicyclic) bond motifs is 1. The Hall–Kier alpha value is -1.93. The molecule has 0 bridgehead atoms. The molecule has 5 heteroatoms. The minimum Gasteiger partial charge on any atom is -0.337 e. The summed E-state index contributed by atoms with van der Waals surface area (Å²) in [6.45, 7) is 1.83. The van der Waals surface area contributed by atoms with Crippen molar-refractivity contribution < 1.29 is 9.18 Å². The number of nitrogens with zero attached hydrogens (tertiary/aromatic N) is 2. The first kappa shape index (κ1) is 13.5. The molecule has 0 aliphatic heterocycles. The van der Waals surface area contributed by atoms with Crippen LogP contribution in [0, 0.1) is 17.1 Å². The predicted octanol–water partition coefficient (Wildman–Crippen LogP) is 3.41. The molecule has 0 radical (unpaired) electrons. The molecule has 0 saturated carbocycles. The summed E-state index contributed by atoms with van der Waals surface area (Å²) >= 11 is 1.27. The van der Waals surface area contributed by atoms with E-state index in [0.717, 1.165) is 10.1 Å². The van der Waals surface area contributed by atoms with Crippen molar-refractivity contribution in [3.8, 4) is 6.07 Å². The second-order valence-electron chi connectivity index (χ2n) is 4.42. The molecule has 1 heterocycles. The number of carbonyl (C=O) groups excluding carboxylic acids is 1. The Morgan fingerprint density at radius 2 is 2.26 bits per heavy atom. The van der Waals surface area contributed by atoms with E-state index in [1.54, 1.807) is 24.1 Å². The summed E-state index contributed by atoms with van der Waals surface area (Å²) in [5.74, 6) is -0.441. The van der Waals surface area contributed by atoms with Crippen LogP contribution in [0.3, 0.4) is 0 Å². The molecule has 1 unspecified atom stereocenters. The van der Waals surface area contributed by atoms with E-state index in [4.69, 9.17) is 5.26 Å². The van der Waals surface area contributed by atoms with Crippen LogP contribution in [0.1, 0.15) is 23.0 Å². The Morgan fingerprint density at radius 1 is 1.53 bits per heavy atom. The summed E-state index contributed by atoms with van der Waals surface area (Å²) in [7, 11) is 1.68. The Bertz CT molecular complexity index is 659. The van der Waals surface area contributed by atoms with Gasteiger partial charge in [0.05, 0.1) is 17.4 Å². The van der Waals surface area contributed by atoms with Crippen LogP contribution in [-0.4, -0.2) is 23.9 Å². The van der Waals surface area contributed by atoms with Gasteiger partial charge in [0.1, 0.15) is 5.82 Å². The molecule has 98 valence electrons. The highest BCUT2D eigenvalue weighted by atomic mass is 32.1. The lowest BCUT2D eigenvalue weighted by Crippen LogP contribution is -2.34. The minimum atomic E-state index is -0.306. The van der Waals surface area contributed by atoms with Crippen molar-refractivity contribution >= 4 is 27.3 Å². The molecule has 0 aliphatic carbocycles. The number of hydrogen-bond donors (Lipinski definition) is 0. The summed E-state index contributed by atoms with van der Waals surface area (Å²) < 4.78 is 13.9. The van der Waals surface area contributed by atoms with Gasteiger partial charge in [-0.05, 0) is 30.5 Å². The minimum absolute atomic E-state index is 0.135. The SMILES string of the molecule is CC(CC#N)N(C)C(=O)c1cc2ccc(F)cc2s1. The Labute approximate surface area is 114 Å². The molecule has 1 aromatic carbocycles. The van der Waals surface area contributed by atoms with Crippen molar-refractivity contribution in [2.75, 3.05) is 7.05 Å². The fourth-order valence-corrected chi connectivity index (χ4v) is 2.82. The van der Waals surface area contributed by atoms with Crippen LogP contribution in [0.15, 0.2) is 24.3 Å². The van der Waals surface area contributed by atoms with Crippen molar-refractivity contribution in [3.63, 3.8) is 0 Å². The lowest BCUT2D eigenvalue weighted by molar-refractivity contribution is 0.0751. The highest BCUT2D eigenvalue weighted by molar-refractivity contribution is 7.20. The summed E-state index contributed by atoms with van der Waals surface area (Å²) in [6.07, 6.45) is 0.293. The van der Waals surface area contributed by atoms with Gasteiger partial charge >= 0.3 is 0 Å². The van der Waals surface area contributed by atoms with Crippen LogP contribution in [-0.2, 0) is 0 Å². The zero-order valence-corrected chi connectivity index (χ0v) is 11.5. The number of amides is 1. The van der Waals surface area contributed by atoms with Crippen molar-refractivity contribution in [2.45, 2.75) is 19.4 Å². The molecule has 0 N–H and O–H groups in total. The van der Waals surface area contributed by atoms with E-state index in [1.165, 1.54) is 23.5 Å². The van der Waals surface area contributed by atoms with Gasteiger partial charge in [-0.15, -0.1) is 11.3 Å². The number of rotatable bonds is 3. The summed E-state index contributed by atoms with van der Waals surface area (Å²) in [5.41, 5.74) is 0. The van der Waals surface area contributed by atoms with Crippen LogP contribution in [0.25, 0.3) is 10.1 Å².